The average molecular weight is 286 g/mol. The number of hydrogen-bond acceptors (Lipinski definition) is 3. The van der Waals surface area contributed by atoms with E-state index >= 15 is 0 Å². The maximum Gasteiger partial charge on any atom is 0.234 e. The van der Waals surface area contributed by atoms with Crippen LogP contribution in [-0.2, 0) is 11.3 Å². The lowest BCUT2D eigenvalue weighted by Crippen LogP contribution is -2.36. The molecule has 0 saturated heterocycles. The fourth-order valence-electron chi connectivity index (χ4n) is 2.41. The second-order valence-electron chi connectivity index (χ2n) is 5.40. The van der Waals surface area contributed by atoms with Crippen molar-refractivity contribution in [1.82, 2.24) is 10.2 Å². The molecule has 21 heavy (non-hydrogen) atoms. The van der Waals surface area contributed by atoms with Crippen molar-refractivity contribution in [3.05, 3.63) is 59.5 Å². The zero-order valence-corrected chi connectivity index (χ0v) is 12.8. The Bertz CT molecular complexity index is 578. The highest BCUT2D eigenvalue weighted by Crippen LogP contribution is 2.16. The van der Waals surface area contributed by atoms with Gasteiger partial charge in [-0.25, -0.2) is 0 Å². The minimum absolute atomic E-state index is 0.00992. The van der Waals surface area contributed by atoms with E-state index in [9.17, 15) is 4.79 Å². The van der Waals surface area contributed by atoms with E-state index in [1.807, 2.05) is 49.2 Å². The van der Waals surface area contributed by atoms with Gasteiger partial charge in [0.25, 0.3) is 0 Å². The van der Waals surface area contributed by atoms with E-state index in [1.165, 1.54) is 5.56 Å². The third-order valence-electron chi connectivity index (χ3n) is 3.45. The lowest BCUT2D eigenvalue weighted by Gasteiger charge is -2.19. The lowest BCUT2D eigenvalue weighted by atomic mass is 10.0. The van der Waals surface area contributed by atoms with Crippen LogP contribution in [0.15, 0.2) is 47.1 Å². The first-order valence-corrected chi connectivity index (χ1v) is 7.12. The number of furan rings is 1. The summed E-state index contributed by atoms with van der Waals surface area (Å²) in [6.07, 6.45) is 1.64. The minimum atomic E-state index is 0.00992. The van der Waals surface area contributed by atoms with Gasteiger partial charge in [0.1, 0.15) is 5.76 Å². The molecule has 0 radical (unpaired) electrons. The SMILES string of the molecule is Cc1ccccc1[C@H](C)NC(=O)CN(C)Cc1ccco1. The number of aryl methyl sites for hydroxylation is 1. The minimum Gasteiger partial charge on any atom is -0.468 e. The van der Waals surface area contributed by atoms with Crippen LogP contribution in [0.4, 0.5) is 0 Å². The Morgan fingerprint density at radius 1 is 1.29 bits per heavy atom. The van der Waals surface area contributed by atoms with Gasteiger partial charge >= 0.3 is 0 Å². The van der Waals surface area contributed by atoms with E-state index in [1.54, 1.807) is 6.26 Å². The molecule has 1 atom stereocenters. The smallest absolute Gasteiger partial charge is 0.234 e. The number of carbonyl (C=O) groups is 1. The van der Waals surface area contributed by atoms with Crippen molar-refractivity contribution in [2.75, 3.05) is 13.6 Å². The molecule has 0 saturated carbocycles. The Morgan fingerprint density at radius 3 is 2.71 bits per heavy atom. The zero-order chi connectivity index (χ0) is 15.2. The van der Waals surface area contributed by atoms with Gasteiger partial charge in [-0.3, -0.25) is 9.69 Å². The second-order valence-corrected chi connectivity index (χ2v) is 5.40. The molecule has 0 fully saturated rings. The lowest BCUT2D eigenvalue weighted by molar-refractivity contribution is -0.122. The van der Waals surface area contributed by atoms with Gasteiger partial charge in [0, 0.05) is 0 Å². The predicted molar refractivity (Wildman–Crippen MR) is 82.8 cm³/mol. The van der Waals surface area contributed by atoms with Crippen molar-refractivity contribution >= 4 is 5.91 Å². The molecule has 0 spiro atoms. The number of hydrogen-bond donors (Lipinski definition) is 1. The summed E-state index contributed by atoms with van der Waals surface area (Å²) < 4.78 is 5.28. The molecular weight excluding hydrogens is 264 g/mol. The predicted octanol–water partition coefficient (Wildman–Crippen LogP) is 2.90. The molecule has 0 bridgehead atoms. The van der Waals surface area contributed by atoms with Gasteiger partial charge in [0.2, 0.25) is 5.91 Å². The van der Waals surface area contributed by atoms with E-state index in [-0.39, 0.29) is 11.9 Å². The molecule has 4 nitrogen and oxygen atoms in total. The largest absolute Gasteiger partial charge is 0.468 e. The summed E-state index contributed by atoms with van der Waals surface area (Å²) in [5.41, 5.74) is 2.34. The maximum atomic E-state index is 12.1. The van der Waals surface area contributed by atoms with Crippen molar-refractivity contribution < 1.29 is 9.21 Å². The topological polar surface area (TPSA) is 45.5 Å². The standard InChI is InChI=1S/C17H22N2O2/c1-13-7-4-5-9-16(13)14(2)18-17(20)12-19(3)11-15-8-6-10-21-15/h4-10,14H,11-12H2,1-3H3,(H,18,20)/t14-/m0/s1. The first kappa shape index (κ1) is 15.3. The van der Waals surface area contributed by atoms with Gasteiger partial charge in [0.05, 0.1) is 25.4 Å². The summed E-state index contributed by atoms with van der Waals surface area (Å²) in [6, 6.07) is 11.9. The van der Waals surface area contributed by atoms with Gasteiger partial charge in [-0.15, -0.1) is 0 Å². The highest BCUT2D eigenvalue weighted by Gasteiger charge is 2.13. The normalized spacial score (nSPS) is 12.4. The van der Waals surface area contributed by atoms with Gasteiger partial charge in [-0.1, -0.05) is 24.3 Å². The second kappa shape index (κ2) is 7.09. The van der Waals surface area contributed by atoms with Crippen molar-refractivity contribution in [2.24, 2.45) is 0 Å². The van der Waals surface area contributed by atoms with Gasteiger partial charge in [-0.2, -0.15) is 0 Å². The summed E-state index contributed by atoms with van der Waals surface area (Å²) >= 11 is 0. The summed E-state index contributed by atoms with van der Waals surface area (Å²) in [5, 5.41) is 3.04. The Labute approximate surface area is 125 Å². The highest BCUT2D eigenvalue weighted by molar-refractivity contribution is 5.78. The van der Waals surface area contributed by atoms with Crippen molar-refractivity contribution in [1.29, 1.82) is 0 Å². The van der Waals surface area contributed by atoms with Crippen LogP contribution in [-0.4, -0.2) is 24.4 Å². The molecule has 1 N–H and O–H groups in total. The molecular formula is C17H22N2O2. The highest BCUT2D eigenvalue weighted by atomic mass is 16.3. The molecule has 112 valence electrons. The summed E-state index contributed by atoms with van der Waals surface area (Å²) in [7, 11) is 1.90. The molecule has 1 aromatic carbocycles. The van der Waals surface area contributed by atoms with Crippen LogP contribution in [0.2, 0.25) is 0 Å². The maximum absolute atomic E-state index is 12.1. The van der Waals surface area contributed by atoms with E-state index in [2.05, 4.69) is 18.3 Å². The van der Waals surface area contributed by atoms with E-state index in [4.69, 9.17) is 4.42 Å². The van der Waals surface area contributed by atoms with Crippen molar-refractivity contribution in [3.63, 3.8) is 0 Å². The average Bonchev–Trinajstić information content (AvgIpc) is 2.91. The zero-order valence-electron chi connectivity index (χ0n) is 12.8. The molecule has 0 aliphatic carbocycles. The van der Waals surface area contributed by atoms with Crippen LogP contribution in [0.1, 0.15) is 29.9 Å². The molecule has 1 amide bonds. The molecule has 0 aliphatic heterocycles. The van der Waals surface area contributed by atoms with Crippen LogP contribution < -0.4 is 5.32 Å². The van der Waals surface area contributed by atoms with Crippen molar-refractivity contribution in [2.45, 2.75) is 26.4 Å². The van der Waals surface area contributed by atoms with Gasteiger partial charge < -0.3 is 9.73 Å². The summed E-state index contributed by atoms with van der Waals surface area (Å²) in [6.45, 7) is 5.03. The monoisotopic (exact) mass is 286 g/mol. The molecule has 1 aromatic heterocycles. The van der Waals surface area contributed by atoms with Gasteiger partial charge in [-0.05, 0) is 44.2 Å². The van der Waals surface area contributed by atoms with Crippen LogP contribution in [0, 0.1) is 6.92 Å². The number of rotatable bonds is 6. The molecule has 0 aliphatic rings. The third kappa shape index (κ3) is 4.46. The first-order chi connectivity index (χ1) is 10.1. The van der Waals surface area contributed by atoms with E-state index < -0.39 is 0 Å². The molecule has 2 rings (SSSR count). The van der Waals surface area contributed by atoms with Crippen LogP contribution in [0.3, 0.4) is 0 Å². The Morgan fingerprint density at radius 2 is 2.05 bits per heavy atom. The van der Waals surface area contributed by atoms with Crippen molar-refractivity contribution in [3.8, 4) is 0 Å². The Hall–Kier alpha value is -2.07. The number of benzene rings is 1. The number of amides is 1. The first-order valence-electron chi connectivity index (χ1n) is 7.12. The number of likely N-dealkylation sites (N-methyl/N-ethyl adjacent to an activating group) is 1. The van der Waals surface area contributed by atoms with Crippen LogP contribution in [0.25, 0.3) is 0 Å². The van der Waals surface area contributed by atoms with E-state index in [0.29, 0.717) is 13.1 Å². The molecule has 4 heteroatoms. The number of carbonyl (C=O) groups excluding carboxylic acids is 1. The summed E-state index contributed by atoms with van der Waals surface area (Å²) in [4.78, 5) is 14.0. The number of nitrogens with zero attached hydrogens (tertiary/aromatic N) is 1. The fraction of sp³-hybridized carbons (Fsp3) is 0.353. The van der Waals surface area contributed by atoms with E-state index in [0.717, 1.165) is 11.3 Å². The molecule has 0 unspecified atom stereocenters. The number of nitrogens with one attached hydrogen (secondary N) is 1. The Balaban J connectivity index is 1.85. The van der Waals surface area contributed by atoms with Crippen LogP contribution >= 0.6 is 0 Å². The summed E-state index contributed by atoms with van der Waals surface area (Å²) in [5.74, 6) is 0.872. The quantitative estimate of drug-likeness (QED) is 0.888. The van der Waals surface area contributed by atoms with Gasteiger partial charge in [0.15, 0.2) is 0 Å². The fourth-order valence-corrected chi connectivity index (χ4v) is 2.41. The third-order valence-corrected chi connectivity index (χ3v) is 3.45. The Kier molecular flexibility index (Phi) is 5.17. The van der Waals surface area contributed by atoms with Crippen LogP contribution in [0.5, 0.6) is 0 Å². The molecule has 1 heterocycles. The molecule has 2 aromatic rings.